The summed E-state index contributed by atoms with van der Waals surface area (Å²) in [5.41, 5.74) is 1.97. The van der Waals surface area contributed by atoms with E-state index in [0.717, 1.165) is 16.0 Å². The van der Waals surface area contributed by atoms with Gasteiger partial charge >= 0.3 is 6.03 Å². The second-order valence-electron chi connectivity index (χ2n) is 9.04. The van der Waals surface area contributed by atoms with Crippen LogP contribution < -0.4 is 19.7 Å². The monoisotopic (exact) mass is 684 g/mol. The highest BCUT2D eigenvalue weighted by atomic mass is 79.9. The molecule has 1 aliphatic heterocycles. The zero-order valence-corrected chi connectivity index (χ0v) is 25.4. The lowest BCUT2D eigenvalue weighted by Gasteiger charge is -2.26. The molecule has 0 atom stereocenters. The molecule has 0 aliphatic carbocycles. The summed E-state index contributed by atoms with van der Waals surface area (Å²) in [6.45, 7) is 0.355. The summed E-state index contributed by atoms with van der Waals surface area (Å²) in [6.07, 6.45) is 1.39. The second kappa shape index (κ2) is 13.0. The van der Waals surface area contributed by atoms with Crippen LogP contribution in [0.2, 0.25) is 15.1 Å². The molecule has 5 rings (SSSR count). The van der Waals surface area contributed by atoms with Crippen LogP contribution in [0.1, 0.15) is 16.7 Å². The fraction of sp³-hybridized carbons (Fsp3) is 0.0645. The molecule has 0 saturated carbocycles. The largest absolute Gasteiger partial charge is 0.489 e. The molecule has 1 fully saturated rings. The number of barbiturate groups is 1. The van der Waals surface area contributed by atoms with E-state index in [1.165, 1.54) is 6.08 Å². The number of anilines is 1. The van der Waals surface area contributed by atoms with Crippen molar-refractivity contribution in [3.63, 3.8) is 0 Å². The molecule has 7 nitrogen and oxygen atoms in total. The van der Waals surface area contributed by atoms with E-state index in [1.54, 1.807) is 66.7 Å². The Hall–Kier alpha value is -3.82. The lowest BCUT2D eigenvalue weighted by atomic mass is 10.1. The maximum atomic E-state index is 13.5. The number of carbonyl (C=O) groups excluding carboxylic acids is 3. The number of hydrogen-bond acceptors (Lipinski definition) is 5. The van der Waals surface area contributed by atoms with Crippen molar-refractivity contribution in [3.8, 4) is 11.5 Å². The van der Waals surface area contributed by atoms with Crippen molar-refractivity contribution in [1.82, 2.24) is 5.32 Å². The van der Waals surface area contributed by atoms with Gasteiger partial charge in [0.2, 0.25) is 0 Å². The van der Waals surface area contributed by atoms with Gasteiger partial charge in [0.15, 0.2) is 0 Å². The summed E-state index contributed by atoms with van der Waals surface area (Å²) >= 11 is 21.8. The van der Waals surface area contributed by atoms with Crippen LogP contribution in [0.25, 0.3) is 6.08 Å². The van der Waals surface area contributed by atoms with E-state index < -0.39 is 17.8 Å². The van der Waals surface area contributed by atoms with Gasteiger partial charge in [0.25, 0.3) is 11.8 Å². The Balaban J connectivity index is 1.36. The number of ether oxygens (including phenoxy) is 2. The van der Waals surface area contributed by atoms with Crippen LogP contribution in [-0.2, 0) is 22.8 Å². The summed E-state index contributed by atoms with van der Waals surface area (Å²) < 4.78 is 12.5. The molecule has 11 heteroatoms. The fourth-order valence-corrected chi connectivity index (χ4v) is 5.11. The Morgan fingerprint density at radius 2 is 1.50 bits per heavy atom. The number of hydrogen-bond donors (Lipinski definition) is 1. The van der Waals surface area contributed by atoms with Crippen LogP contribution in [0, 0.1) is 0 Å². The first-order valence-corrected chi connectivity index (χ1v) is 14.4. The third kappa shape index (κ3) is 6.79. The Kier molecular flexibility index (Phi) is 9.18. The van der Waals surface area contributed by atoms with Gasteiger partial charge in [0.1, 0.15) is 30.3 Å². The van der Waals surface area contributed by atoms with Crippen molar-refractivity contribution in [1.29, 1.82) is 0 Å². The number of rotatable bonds is 8. The topological polar surface area (TPSA) is 84.9 Å². The first-order valence-electron chi connectivity index (χ1n) is 12.4. The molecule has 1 heterocycles. The maximum Gasteiger partial charge on any atom is 0.335 e. The van der Waals surface area contributed by atoms with Crippen molar-refractivity contribution >= 4 is 80.3 Å². The summed E-state index contributed by atoms with van der Waals surface area (Å²) in [6, 6.07) is 23.0. The van der Waals surface area contributed by atoms with Gasteiger partial charge in [-0.3, -0.25) is 14.9 Å². The number of nitrogens with one attached hydrogen (secondary N) is 1. The van der Waals surface area contributed by atoms with E-state index in [1.807, 2.05) is 18.2 Å². The SMILES string of the molecule is O=C1NC(=O)N(c2ccc(OCc3ccc(Cl)cc3Cl)cc2)C(=O)/C1=C/c1cc(Br)ccc1OCc1ccccc1Cl. The molecule has 4 amide bonds. The third-order valence-electron chi connectivity index (χ3n) is 6.22. The molecule has 4 aromatic rings. The van der Waals surface area contributed by atoms with Gasteiger partial charge in [-0.2, -0.15) is 0 Å². The van der Waals surface area contributed by atoms with Crippen molar-refractivity contribution in [2.75, 3.05) is 4.90 Å². The average molecular weight is 687 g/mol. The lowest BCUT2D eigenvalue weighted by Crippen LogP contribution is -2.54. The van der Waals surface area contributed by atoms with Gasteiger partial charge in [-0.15, -0.1) is 0 Å². The molecule has 1 aliphatic rings. The van der Waals surface area contributed by atoms with Crippen LogP contribution >= 0.6 is 50.7 Å². The molecule has 212 valence electrons. The quantitative estimate of drug-likeness (QED) is 0.149. The van der Waals surface area contributed by atoms with Crippen LogP contribution in [0.3, 0.4) is 0 Å². The van der Waals surface area contributed by atoms with Crippen molar-refractivity contribution in [2.45, 2.75) is 13.2 Å². The summed E-state index contributed by atoms with van der Waals surface area (Å²) in [4.78, 5) is 39.9. The highest BCUT2D eigenvalue weighted by Crippen LogP contribution is 2.30. The molecule has 0 spiro atoms. The first kappa shape index (κ1) is 29.7. The number of carbonyl (C=O) groups is 3. The standard InChI is InChI=1S/C31H20BrCl3N2O5/c32-21-6-12-28(42-17-18-3-1-2-4-26(18)34)20(13-21)14-25-29(38)36-31(40)37(30(25)39)23-8-10-24(11-9-23)41-16-19-5-7-22(33)15-27(19)35/h1-15H,16-17H2,(H,36,38,40)/b25-14+. The molecule has 4 aromatic carbocycles. The van der Waals surface area contributed by atoms with Gasteiger partial charge in [-0.05, 0) is 66.7 Å². The normalized spacial score (nSPS) is 14.2. The number of nitrogens with zero attached hydrogens (tertiary/aromatic N) is 1. The minimum Gasteiger partial charge on any atom is -0.489 e. The van der Waals surface area contributed by atoms with Crippen LogP contribution in [0.5, 0.6) is 11.5 Å². The van der Waals surface area contributed by atoms with Crippen molar-refractivity contribution in [3.05, 3.63) is 127 Å². The molecule has 42 heavy (non-hydrogen) atoms. The Morgan fingerprint density at radius 3 is 2.24 bits per heavy atom. The highest BCUT2D eigenvalue weighted by Gasteiger charge is 2.37. The zero-order valence-electron chi connectivity index (χ0n) is 21.6. The molecule has 0 radical (unpaired) electrons. The number of benzene rings is 4. The van der Waals surface area contributed by atoms with E-state index >= 15 is 0 Å². The number of amides is 4. The van der Waals surface area contributed by atoms with Gasteiger partial charge in [-0.25, -0.2) is 9.69 Å². The van der Waals surface area contributed by atoms with Crippen molar-refractivity contribution < 1.29 is 23.9 Å². The summed E-state index contributed by atoms with van der Waals surface area (Å²) in [7, 11) is 0. The molecule has 1 N–H and O–H groups in total. The number of urea groups is 1. The first-order chi connectivity index (χ1) is 20.2. The lowest BCUT2D eigenvalue weighted by molar-refractivity contribution is -0.122. The predicted octanol–water partition coefficient (Wildman–Crippen LogP) is 8.23. The minimum atomic E-state index is -0.867. The Labute approximate surface area is 264 Å². The zero-order chi connectivity index (χ0) is 29.8. The van der Waals surface area contributed by atoms with Gasteiger partial charge in [0.05, 0.1) is 5.69 Å². The van der Waals surface area contributed by atoms with Crippen LogP contribution in [0.4, 0.5) is 10.5 Å². The third-order valence-corrected chi connectivity index (χ3v) is 7.67. The van der Waals surface area contributed by atoms with E-state index in [9.17, 15) is 14.4 Å². The fourth-order valence-electron chi connectivity index (χ4n) is 4.07. The van der Waals surface area contributed by atoms with Gasteiger partial charge in [-0.1, -0.05) is 75.0 Å². The number of imide groups is 2. The predicted molar refractivity (Wildman–Crippen MR) is 166 cm³/mol. The van der Waals surface area contributed by atoms with Gasteiger partial charge in [0, 0.05) is 36.2 Å². The summed E-state index contributed by atoms with van der Waals surface area (Å²) in [5.74, 6) is -0.714. The highest BCUT2D eigenvalue weighted by molar-refractivity contribution is 9.10. The van der Waals surface area contributed by atoms with E-state index in [0.29, 0.717) is 36.6 Å². The second-order valence-corrected chi connectivity index (χ2v) is 11.2. The van der Waals surface area contributed by atoms with Crippen LogP contribution in [-0.4, -0.2) is 17.8 Å². The van der Waals surface area contributed by atoms with Crippen LogP contribution in [0.15, 0.2) is 95.0 Å². The Bertz CT molecular complexity index is 1730. The summed E-state index contributed by atoms with van der Waals surface area (Å²) in [5, 5.41) is 3.78. The molecule has 1 saturated heterocycles. The Morgan fingerprint density at radius 1 is 0.786 bits per heavy atom. The van der Waals surface area contributed by atoms with E-state index in [-0.39, 0.29) is 24.5 Å². The van der Waals surface area contributed by atoms with Gasteiger partial charge < -0.3 is 9.47 Å². The van der Waals surface area contributed by atoms with E-state index in [2.05, 4.69) is 21.2 Å². The van der Waals surface area contributed by atoms with E-state index in [4.69, 9.17) is 44.3 Å². The number of halogens is 4. The molecule has 0 aromatic heterocycles. The maximum absolute atomic E-state index is 13.5. The van der Waals surface area contributed by atoms with Crippen molar-refractivity contribution in [2.24, 2.45) is 0 Å². The average Bonchev–Trinajstić information content (AvgIpc) is 2.96. The molecule has 0 bridgehead atoms. The molecule has 0 unspecified atom stereocenters. The molecular formula is C31H20BrCl3N2O5. The molecular weight excluding hydrogens is 667 g/mol. The smallest absolute Gasteiger partial charge is 0.335 e. The minimum absolute atomic E-state index is 0.168.